The quantitative estimate of drug-likeness (QED) is 0.858. The monoisotopic (exact) mass is 259 g/mol. The number of benzene rings is 1. The summed E-state index contributed by atoms with van der Waals surface area (Å²) in [5.41, 5.74) is 0.243. The maximum Gasteiger partial charge on any atom is 0.336 e. The van der Waals surface area contributed by atoms with Crippen molar-refractivity contribution in [2.75, 3.05) is 19.7 Å². The van der Waals surface area contributed by atoms with Crippen LogP contribution < -0.4 is 15.7 Å². The van der Waals surface area contributed by atoms with Gasteiger partial charge in [-0.2, -0.15) is 0 Å². The molecule has 4 nitrogen and oxygen atoms in total. The molecule has 1 atom stereocenters. The first kappa shape index (κ1) is 12.2. The summed E-state index contributed by atoms with van der Waals surface area (Å²) in [6.45, 7) is 2.83. The zero-order valence-electron chi connectivity index (χ0n) is 10.7. The van der Waals surface area contributed by atoms with Crippen LogP contribution in [-0.4, -0.2) is 19.7 Å². The highest BCUT2D eigenvalue weighted by molar-refractivity contribution is 5.77. The zero-order chi connectivity index (χ0) is 13.1. The van der Waals surface area contributed by atoms with Crippen LogP contribution in [0.5, 0.6) is 5.75 Å². The minimum absolute atomic E-state index is 0.332. The standard InChI is InChI=1S/C15H17NO3/c17-15-6-4-12-3-5-13(8-14(12)19-15)18-10-11-2-1-7-16-9-11/h3-6,8,11,16H,1-2,7,9-10H2. The molecule has 0 spiro atoms. The second-order valence-electron chi connectivity index (χ2n) is 4.98. The minimum Gasteiger partial charge on any atom is -0.493 e. The van der Waals surface area contributed by atoms with Gasteiger partial charge in [-0.3, -0.25) is 0 Å². The van der Waals surface area contributed by atoms with Gasteiger partial charge in [-0.1, -0.05) is 0 Å². The number of ether oxygens (including phenoxy) is 1. The van der Waals surface area contributed by atoms with E-state index in [1.54, 1.807) is 12.1 Å². The van der Waals surface area contributed by atoms with Crippen molar-refractivity contribution in [1.82, 2.24) is 5.32 Å². The Morgan fingerprint density at radius 2 is 2.21 bits per heavy atom. The number of fused-ring (bicyclic) bond motifs is 1. The molecule has 1 aliphatic heterocycles. The van der Waals surface area contributed by atoms with Gasteiger partial charge < -0.3 is 14.5 Å². The predicted octanol–water partition coefficient (Wildman–Crippen LogP) is 2.17. The van der Waals surface area contributed by atoms with E-state index < -0.39 is 0 Å². The first-order valence-electron chi connectivity index (χ1n) is 6.69. The van der Waals surface area contributed by atoms with Gasteiger partial charge in [-0.05, 0) is 37.6 Å². The van der Waals surface area contributed by atoms with Gasteiger partial charge in [-0.15, -0.1) is 0 Å². The topological polar surface area (TPSA) is 51.5 Å². The molecule has 0 aliphatic carbocycles. The van der Waals surface area contributed by atoms with Crippen LogP contribution in [-0.2, 0) is 0 Å². The predicted molar refractivity (Wildman–Crippen MR) is 73.6 cm³/mol. The van der Waals surface area contributed by atoms with Crippen molar-refractivity contribution in [2.45, 2.75) is 12.8 Å². The first-order chi connectivity index (χ1) is 9.31. The third-order valence-electron chi connectivity index (χ3n) is 3.48. The molecule has 4 heteroatoms. The van der Waals surface area contributed by atoms with E-state index in [9.17, 15) is 4.79 Å². The second kappa shape index (κ2) is 5.45. The molecule has 19 heavy (non-hydrogen) atoms. The van der Waals surface area contributed by atoms with Gasteiger partial charge in [0.1, 0.15) is 11.3 Å². The Bertz CT molecular complexity index is 614. The molecule has 1 unspecified atom stereocenters. The van der Waals surface area contributed by atoms with Crippen LogP contribution in [0.2, 0.25) is 0 Å². The van der Waals surface area contributed by atoms with Crippen molar-refractivity contribution in [3.63, 3.8) is 0 Å². The summed E-state index contributed by atoms with van der Waals surface area (Å²) in [4.78, 5) is 11.2. The molecular weight excluding hydrogens is 242 g/mol. The minimum atomic E-state index is -0.332. The number of hydrogen-bond acceptors (Lipinski definition) is 4. The van der Waals surface area contributed by atoms with Gasteiger partial charge in [0.05, 0.1) is 6.61 Å². The lowest BCUT2D eigenvalue weighted by molar-refractivity contribution is 0.218. The number of hydrogen-bond donors (Lipinski definition) is 1. The van der Waals surface area contributed by atoms with Crippen LogP contribution in [0.4, 0.5) is 0 Å². The molecule has 0 amide bonds. The van der Waals surface area contributed by atoms with Crippen molar-refractivity contribution >= 4 is 11.0 Å². The third kappa shape index (κ3) is 2.96. The molecule has 0 saturated carbocycles. The summed E-state index contributed by atoms with van der Waals surface area (Å²) >= 11 is 0. The lowest BCUT2D eigenvalue weighted by Gasteiger charge is -2.22. The lowest BCUT2D eigenvalue weighted by Crippen LogP contribution is -2.33. The smallest absolute Gasteiger partial charge is 0.336 e. The second-order valence-corrected chi connectivity index (χ2v) is 4.98. The molecular formula is C15H17NO3. The van der Waals surface area contributed by atoms with Crippen LogP contribution in [0, 0.1) is 5.92 Å². The molecule has 1 aromatic heterocycles. The number of rotatable bonds is 3. The Labute approximate surface area is 111 Å². The van der Waals surface area contributed by atoms with Crippen molar-refractivity contribution in [2.24, 2.45) is 5.92 Å². The van der Waals surface area contributed by atoms with E-state index in [1.165, 1.54) is 18.9 Å². The van der Waals surface area contributed by atoms with Gasteiger partial charge in [0, 0.05) is 30.0 Å². The molecule has 100 valence electrons. The molecule has 2 heterocycles. The molecule has 2 aromatic rings. The average Bonchev–Trinajstić information content (AvgIpc) is 2.46. The molecule has 1 N–H and O–H groups in total. The zero-order valence-corrected chi connectivity index (χ0v) is 10.7. The van der Waals surface area contributed by atoms with E-state index in [4.69, 9.17) is 9.15 Å². The van der Waals surface area contributed by atoms with E-state index >= 15 is 0 Å². The summed E-state index contributed by atoms with van der Waals surface area (Å²) in [6.07, 6.45) is 2.41. The number of nitrogens with one attached hydrogen (secondary N) is 1. The summed E-state index contributed by atoms with van der Waals surface area (Å²) in [5, 5.41) is 4.28. The Morgan fingerprint density at radius 1 is 1.32 bits per heavy atom. The van der Waals surface area contributed by atoms with Gasteiger partial charge >= 0.3 is 5.63 Å². The lowest BCUT2D eigenvalue weighted by atomic mass is 10.0. The Balaban J connectivity index is 1.72. The van der Waals surface area contributed by atoms with Crippen LogP contribution in [0.1, 0.15) is 12.8 Å². The van der Waals surface area contributed by atoms with E-state index in [2.05, 4.69) is 5.32 Å². The van der Waals surface area contributed by atoms with Crippen molar-refractivity contribution in [1.29, 1.82) is 0 Å². The molecule has 1 saturated heterocycles. The molecule has 0 bridgehead atoms. The highest BCUT2D eigenvalue weighted by Gasteiger charge is 2.13. The largest absolute Gasteiger partial charge is 0.493 e. The average molecular weight is 259 g/mol. The highest BCUT2D eigenvalue weighted by atomic mass is 16.5. The van der Waals surface area contributed by atoms with Crippen LogP contribution in [0.15, 0.2) is 39.5 Å². The Kier molecular flexibility index (Phi) is 3.51. The summed E-state index contributed by atoms with van der Waals surface area (Å²) < 4.78 is 10.9. The fourth-order valence-electron chi connectivity index (χ4n) is 2.41. The Hall–Kier alpha value is -1.81. The fraction of sp³-hybridized carbons (Fsp3) is 0.400. The highest BCUT2D eigenvalue weighted by Crippen LogP contribution is 2.20. The number of piperidine rings is 1. The Morgan fingerprint density at radius 3 is 3.05 bits per heavy atom. The summed E-state index contributed by atoms with van der Waals surface area (Å²) in [6, 6.07) is 8.80. The van der Waals surface area contributed by atoms with E-state index in [0.717, 1.165) is 24.2 Å². The molecule has 0 radical (unpaired) electrons. The van der Waals surface area contributed by atoms with Gasteiger partial charge in [-0.25, -0.2) is 4.79 Å². The van der Waals surface area contributed by atoms with Crippen molar-refractivity contribution in [3.05, 3.63) is 40.8 Å². The summed E-state index contributed by atoms with van der Waals surface area (Å²) in [7, 11) is 0. The van der Waals surface area contributed by atoms with E-state index in [1.807, 2.05) is 12.1 Å². The normalized spacial score (nSPS) is 19.5. The molecule has 3 rings (SSSR count). The maximum atomic E-state index is 11.2. The van der Waals surface area contributed by atoms with Gasteiger partial charge in [0.25, 0.3) is 0 Å². The SMILES string of the molecule is O=c1ccc2ccc(OCC3CCCNC3)cc2o1. The van der Waals surface area contributed by atoms with E-state index in [-0.39, 0.29) is 5.63 Å². The van der Waals surface area contributed by atoms with Crippen LogP contribution in [0.3, 0.4) is 0 Å². The van der Waals surface area contributed by atoms with E-state index in [0.29, 0.717) is 18.1 Å². The first-order valence-corrected chi connectivity index (χ1v) is 6.69. The maximum absolute atomic E-state index is 11.2. The van der Waals surface area contributed by atoms with Crippen LogP contribution in [0.25, 0.3) is 11.0 Å². The van der Waals surface area contributed by atoms with Crippen molar-refractivity contribution in [3.8, 4) is 5.75 Å². The van der Waals surface area contributed by atoms with Gasteiger partial charge in [0.15, 0.2) is 0 Å². The molecule has 1 aliphatic rings. The summed E-state index contributed by atoms with van der Waals surface area (Å²) in [5.74, 6) is 1.32. The third-order valence-corrected chi connectivity index (χ3v) is 3.48. The molecule has 1 aromatic carbocycles. The van der Waals surface area contributed by atoms with Gasteiger partial charge in [0.2, 0.25) is 0 Å². The fourth-order valence-corrected chi connectivity index (χ4v) is 2.41. The van der Waals surface area contributed by atoms with Crippen molar-refractivity contribution < 1.29 is 9.15 Å². The van der Waals surface area contributed by atoms with Crippen LogP contribution >= 0.6 is 0 Å². The molecule has 1 fully saturated rings.